The fraction of sp³-hybridized carbons (Fsp3) is 0.440. The first-order valence-electron chi connectivity index (χ1n) is 11.2. The lowest BCUT2D eigenvalue weighted by atomic mass is 10.0. The Bertz CT molecular complexity index is 1040. The normalized spacial score (nSPS) is 12.3. The number of nitrogens with one attached hydrogen (secondary N) is 1. The SMILES string of the molecule is CC[C@H](C(=O)NC)N(CCc1ccccc1)C(=O)CN(c1ccccc1C(C)C)S(C)(=O)=O. The van der Waals surface area contributed by atoms with Crippen LogP contribution in [0.4, 0.5) is 5.69 Å². The van der Waals surface area contributed by atoms with E-state index in [4.69, 9.17) is 0 Å². The minimum Gasteiger partial charge on any atom is -0.357 e. The van der Waals surface area contributed by atoms with E-state index < -0.39 is 22.0 Å². The number of benzene rings is 2. The van der Waals surface area contributed by atoms with Crippen molar-refractivity contribution >= 4 is 27.5 Å². The maximum absolute atomic E-state index is 13.5. The zero-order valence-electron chi connectivity index (χ0n) is 20.1. The van der Waals surface area contributed by atoms with E-state index >= 15 is 0 Å². The summed E-state index contributed by atoms with van der Waals surface area (Å²) >= 11 is 0. The molecule has 0 aliphatic rings. The fourth-order valence-corrected chi connectivity index (χ4v) is 4.73. The van der Waals surface area contributed by atoms with E-state index in [0.717, 1.165) is 21.7 Å². The van der Waals surface area contributed by atoms with Gasteiger partial charge in [-0.25, -0.2) is 8.42 Å². The molecule has 0 radical (unpaired) electrons. The minimum absolute atomic E-state index is 0.0731. The van der Waals surface area contributed by atoms with Crippen molar-refractivity contribution in [3.8, 4) is 0 Å². The largest absolute Gasteiger partial charge is 0.357 e. The lowest BCUT2D eigenvalue weighted by Gasteiger charge is -2.33. The standard InChI is InChI=1S/C25H35N3O4S/c1-6-22(25(30)26-4)27(17-16-20-12-8-7-9-13-20)24(29)18-28(33(5,31)32)23-15-11-10-14-21(23)19(2)3/h7-15,19,22H,6,16-18H2,1-5H3,(H,26,30)/t22-/m1/s1. The van der Waals surface area contributed by atoms with Crippen molar-refractivity contribution in [1.29, 1.82) is 0 Å². The quantitative estimate of drug-likeness (QED) is 0.543. The summed E-state index contributed by atoms with van der Waals surface area (Å²) in [6.45, 7) is 5.73. The van der Waals surface area contributed by atoms with E-state index in [1.54, 1.807) is 12.1 Å². The van der Waals surface area contributed by atoms with Crippen molar-refractivity contribution in [2.75, 3.05) is 30.7 Å². The van der Waals surface area contributed by atoms with Crippen molar-refractivity contribution in [1.82, 2.24) is 10.2 Å². The number of amides is 2. The van der Waals surface area contributed by atoms with Crippen LogP contribution in [0.15, 0.2) is 54.6 Å². The Morgan fingerprint density at radius 1 is 1.00 bits per heavy atom. The van der Waals surface area contributed by atoms with Crippen LogP contribution in [0, 0.1) is 0 Å². The molecule has 1 atom stereocenters. The van der Waals surface area contributed by atoms with E-state index in [0.29, 0.717) is 25.1 Å². The summed E-state index contributed by atoms with van der Waals surface area (Å²) < 4.78 is 26.6. The number of anilines is 1. The summed E-state index contributed by atoms with van der Waals surface area (Å²) in [6.07, 6.45) is 2.07. The van der Waals surface area contributed by atoms with Crippen molar-refractivity contribution < 1.29 is 18.0 Å². The highest BCUT2D eigenvalue weighted by atomic mass is 32.2. The predicted molar refractivity (Wildman–Crippen MR) is 133 cm³/mol. The van der Waals surface area contributed by atoms with Crippen LogP contribution in [0.25, 0.3) is 0 Å². The summed E-state index contributed by atoms with van der Waals surface area (Å²) in [4.78, 5) is 27.6. The molecule has 0 fully saturated rings. The Kier molecular flexibility index (Phi) is 9.46. The molecule has 2 aromatic rings. The highest BCUT2D eigenvalue weighted by molar-refractivity contribution is 7.92. The number of carbonyl (C=O) groups is 2. The average molecular weight is 474 g/mol. The molecule has 180 valence electrons. The Labute approximate surface area is 197 Å². The summed E-state index contributed by atoms with van der Waals surface area (Å²) in [5.41, 5.74) is 2.36. The number of nitrogens with zero attached hydrogens (tertiary/aromatic N) is 2. The molecule has 2 amide bonds. The van der Waals surface area contributed by atoms with Crippen LogP contribution >= 0.6 is 0 Å². The van der Waals surface area contributed by atoms with Crippen LogP contribution in [0.2, 0.25) is 0 Å². The van der Waals surface area contributed by atoms with E-state index in [2.05, 4.69) is 5.32 Å². The Hall–Kier alpha value is -2.87. The van der Waals surface area contributed by atoms with Gasteiger partial charge in [-0.15, -0.1) is 0 Å². The van der Waals surface area contributed by atoms with Crippen LogP contribution in [0.5, 0.6) is 0 Å². The molecule has 0 spiro atoms. The number of sulfonamides is 1. The number of hydrogen-bond donors (Lipinski definition) is 1. The molecule has 33 heavy (non-hydrogen) atoms. The maximum atomic E-state index is 13.5. The zero-order valence-corrected chi connectivity index (χ0v) is 20.9. The summed E-state index contributed by atoms with van der Waals surface area (Å²) in [7, 11) is -2.21. The van der Waals surface area contributed by atoms with E-state index in [-0.39, 0.29) is 18.4 Å². The van der Waals surface area contributed by atoms with E-state index in [1.165, 1.54) is 11.9 Å². The first-order valence-corrected chi connectivity index (χ1v) is 13.1. The van der Waals surface area contributed by atoms with Crippen LogP contribution in [-0.4, -0.2) is 57.6 Å². The molecule has 0 aromatic heterocycles. The third kappa shape index (κ3) is 7.05. The van der Waals surface area contributed by atoms with Gasteiger partial charge >= 0.3 is 0 Å². The van der Waals surface area contributed by atoms with Crippen LogP contribution in [0.3, 0.4) is 0 Å². The van der Waals surface area contributed by atoms with Crippen molar-refractivity contribution in [3.05, 3.63) is 65.7 Å². The second kappa shape index (κ2) is 11.8. The molecule has 0 unspecified atom stereocenters. The van der Waals surface area contributed by atoms with Crippen molar-refractivity contribution in [3.63, 3.8) is 0 Å². The molecule has 0 saturated heterocycles. The van der Waals surface area contributed by atoms with Gasteiger partial charge in [0, 0.05) is 13.6 Å². The first-order chi connectivity index (χ1) is 15.6. The van der Waals surface area contributed by atoms with Gasteiger partial charge in [-0.05, 0) is 36.0 Å². The highest BCUT2D eigenvalue weighted by Crippen LogP contribution is 2.29. The third-order valence-corrected chi connectivity index (χ3v) is 6.75. The zero-order chi connectivity index (χ0) is 24.6. The highest BCUT2D eigenvalue weighted by Gasteiger charge is 2.31. The summed E-state index contributed by atoms with van der Waals surface area (Å²) in [6, 6.07) is 16.2. The van der Waals surface area contributed by atoms with Gasteiger partial charge in [-0.2, -0.15) is 0 Å². The third-order valence-electron chi connectivity index (χ3n) is 5.62. The molecule has 7 nitrogen and oxygen atoms in total. The van der Waals surface area contributed by atoms with E-state index in [1.807, 2.05) is 63.2 Å². The molecular weight excluding hydrogens is 438 g/mol. The van der Waals surface area contributed by atoms with Gasteiger partial charge in [0.25, 0.3) is 0 Å². The summed E-state index contributed by atoms with van der Waals surface area (Å²) in [5.74, 6) is -0.609. The molecule has 0 aliphatic carbocycles. The van der Waals surface area contributed by atoms with Gasteiger partial charge in [0.2, 0.25) is 21.8 Å². The second-order valence-corrected chi connectivity index (χ2v) is 10.3. The number of para-hydroxylation sites is 1. The van der Waals surface area contributed by atoms with Gasteiger partial charge in [-0.1, -0.05) is 69.3 Å². The fourth-order valence-electron chi connectivity index (χ4n) is 3.86. The molecule has 0 bridgehead atoms. The maximum Gasteiger partial charge on any atom is 0.244 e. The molecular formula is C25H35N3O4S. The van der Waals surface area contributed by atoms with Gasteiger partial charge < -0.3 is 10.2 Å². The lowest BCUT2D eigenvalue weighted by Crippen LogP contribution is -2.52. The van der Waals surface area contributed by atoms with Crippen LogP contribution in [0.1, 0.15) is 44.2 Å². The smallest absolute Gasteiger partial charge is 0.244 e. The first kappa shape index (κ1) is 26.4. The Balaban J connectivity index is 2.41. The van der Waals surface area contributed by atoms with Gasteiger partial charge in [-0.3, -0.25) is 13.9 Å². The average Bonchev–Trinajstić information content (AvgIpc) is 2.79. The molecule has 0 aliphatic heterocycles. The van der Waals surface area contributed by atoms with Crippen molar-refractivity contribution in [2.24, 2.45) is 0 Å². The monoisotopic (exact) mass is 473 g/mol. The molecule has 8 heteroatoms. The number of hydrogen-bond acceptors (Lipinski definition) is 4. The van der Waals surface area contributed by atoms with Crippen LogP contribution < -0.4 is 9.62 Å². The molecule has 0 saturated carbocycles. The predicted octanol–water partition coefficient (Wildman–Crippen LogP) is 3.17. The second-order valence-electron chi connectivity index (χ2n) is 8.34. The molecule has 2 rings (SSSR count). The van der Waals surface area contributed by atoms with Crippen LogP contribution in [-0.2, 0) is 26.0 Å². The Morgan fingerprint density at radius 3 is 2.15 bits per heavy atom. The van der Waals surface area contributed by atoms with Gasteiger partial charge in [0.15, 0.2) is 0 Å². The summed E-state index contributed by atoms with van der Waals surface area (Å²) in [5, 5.41) is 2.62. The van der Waals surface area contributed by atoms with Gasteiger partial charge in [0.1, 0.15) is 12.6 Å². The molecule has 2 aromatic carbocycles. The molecule has 1 N–H and O–H groups in total. The Morgan fingerprint density at radius 2 is 1.61 bits per heavy atom. The number of likely N-dealkylation sites (N-methyl/N-ethyl adjacent to an activating group) is 1. The van der Waals surface area contributed by atoms with E-state index in [9.17, 15) is 18.0 Å². The lowest BCUT2D eigenvalue weighted by molar-refractivity contribution is -0.139. The topological polar surface area (TPSA) is 86.8 Å². The minimum atomic E-state index is -3.74. The molecule has 0 heterocycles. The number of rotatable bonds is 11. The van der Waals surface area contributed by atoms with Gasteiger partial charge in [0.05, 0.1) is 11.9 Å². The van der Waals surface area contributed by atoms with Crippen molar-refractivity contribution in [2.45, 2.75) is 45.6 Å². The number of carbonyl (C=O) groups excluding carboxylic acids is 2.